The van der Waals surface area contributed by atoms with E-state index in [0.717, 1.165) is 18.3 Å². The quantitative estimate of drug-likeness (QED) is 0.849. The lowest BCUT2D eigenvalue weighted by Crippen LogP contribution is -2.41. The van der Waals surface area contributed by atoms with Crippen LogP contribution in [-0.2, 0) is 14.1 Å². The van der Waals surface area contributed by atoms with E-state index < -0.39 is 0 Å². The third kappa shape index (κ3) is 3.90. The van der Waals surface area contributed by atoms with Gasteiger partial charge in [0.15, 0.2) is 0 Å². The predicted octanol–water partition coefficient (Wildman–Crippen LogP) is 3.35. The first-order valence-corrected chi connectivity index (χ1v) is 7.89. The lowest BCUT2D eigenvalue weighted by molar-refractivity contribution is -0.119. The van der Waals surface area contributed by atoms with Gasteiger partial charge in [0.05, 0.1) is 17.2 Å². The van der Waals surface area contributed by atoms with Crippen LogP contribution in [0, 0.1) is 0 Å². The van der Waals surface area contributed by atoms with Crippen LogP contribution in [0.1, 0.15) is 52.6 Å². The summed E-state index contributed by atoms with van der Waals surface area (Å²) in [5.74, 6) is -0.0252. The fourth-order valence-corrected chi connectivity index (χ4v) is 2.64. The Labute approximate surface area is 133 Å². The summed E-state index contributed by atoms with van der Waals surface area (Å²) in [6, 6.07) is 9.99. The molecule has 0 aromatic heterocycles. The van der Waals surface area contributed by atoms with Crippen molar-refractivity contribution in [1.82, 2.24) is 5.32 Å². The molecule has 1 aliphatic heterocycles. The van der Waals surface area contributed by atoms with Gasteiger partial charge in [-0.15, -0.1) is 0 Å². The lowest BCUT2D eigenvalue weighted by atomic mass is 9.80. The van der Waals surface area contributed by atoms with Crippen LogP contribution >= 0.6 is 0 Å². The zero-order valence-corrected chi connectivity index (χ0v) is 14.2. The molecule has 0 bridgehead atoms. The molecule has 1 atom stereocenters. The van der Waals surface area contributed by atoms with Gasteiger partial charge >= 0.3 is 7.12 Å². The van der Waals surface area contributed by atoms with Crippen molar-refractivity contribution in [2.45, 2.75) is 64.6 Å². The number of rotatable bonds is 5. The maximum atomic E-state index is 11.5. The molecule has 1 saturated heterocycles. The highest BCUT2D eigenvalue weighted by atomic mass is 16.7. The third-order valence-corrected chi connectivity index (χ3v) is 4.57. The molecule has 1 heterocycles. The van der Waals surface area contributed by atoms with E-state index in [1.807, 2.05) is 30.3 Å². The Morgan fingerprint density at radius 2 is 1.68 bits per heavy atom. The number of amides is 1. The Balaban J connectivity index is 2.00. The fourth-order valence-electron chi connectivity index (χ4n) is 2.64. The van der Waals surface area contributed by atoms with Crippen molar-refractivity contribution in [3.05, 3.63) is 35.9 Å². The molecule has 1 aromatic rings. The predicted molar refractivity (Wildman–Crippen MR) is 88.5 cm³/mol. The highest BCUT2D eigenvalue weighted by Crippen LogP contribution is 2.38. The summed E-state index contributed by atoms with van der Waals surface area (Å²) in [5, 5.41) is 3.01. The molecule has 0 unspecified atom stereocenters. The normalized spacial score (nSPS) is 20.7. The van der Waals surface area contributed by atoms with E-state index in [4.69, 9.17) is 9.31 Å². The summed E-state index contributed by atoms with van der Waals surface area (Å²) in [4.78, 5) is 11.5. The molecule has 0 saturated carbocycles. The number of hydrogen-bond donors (Lipinski definition) is 1. The van der Waals surface area contributed by atoms with Gasteiger partial charge in [0.25, 0.3) is 0 Å². The molecular formula is C17H26BNO3. The van der Waals surface area contributed by atoms with Gasteiger partial charge in [0.2, 0.25) is 5.91 Å². The van der Waals surface area contributed by atoms with Crippen LogP contribution in [0.5, 0.6) is 0 Å². The number of carbonyl (C=O) groups excluding carboxylic acids is 1. The number of hydrogen-bond acceptors (Lipinski definition) is 3. The van der Waals surface area contributed by atoms with Crippen molar-refractivity contribution in [1.29, 1.82) is 0 Å². The standard InChI is InChI=1S/C17H26BNO3/c1-13(20)19-15(14-9-7-6-8-10-14)11-12-18-21-16(2,3)17(4,5)22-18/h6-10,15H,11-12H2,1-5H3,(H,19,20)/t15-/m0/s1. The van der Waals surface area contributed by atoms with Crippen LogP contribution in [-0.4, -0.2) is 24.2 Å². The molecule has 1 aromatic carbocycles. The lowest BCUT2D eigenvalue weighted by Gasteiger charge is -2.32. The van der Waals surface area contributed by atoms with Crippen molar-refractivity contribution >= 4 is 13.0 Å². The van der Waals surface area contributed by atoms with Crippen LogP contribution in [0.3, 0.4) is 0 Å². The summed E-state index contributed by atoms with van der Waals surface area (Å²) in [5.41, 5.74) is 0.483. The van der Waals surface area contributed by atoms with E-state index in [9.17, 15) is 4.79 Å². The van der Waals surface area contributed by atoms with Crippen molar-refractivity contribution in [2.24, 2.45) is 0 Å². The Morgan fingerprint density at radius 3 is 2.18 bits per heavy atom. The van der Waals surface area contributed by atoms with Crippen LogP contribution in [0.15, 0.2) is 30.3 Å². The van der Waals surface area contributed by atoms with E-state index in [1.165, 1.54) is 0 Å². The summed E-state index contributed by atoms with van der Waals surface area (Å²) < 4.78 is 12.0. The number of nitrogens with one attached hydrogen (secondary N) is 1. The molecule has 4 nitrogen and oxygen atoms in total. The average Bonchev–Trinajstić information content (AvgIpc) is 2.63. The summed E-state index contributed by atoms with van der Waals surface area (Å²) in [6.07, 6.45) is 1.52. The van der Waals surface area contributed by atoms with Crippen LogP contribution in [0.4, 0.5) is 0 Å². The molecule has 1 amide bonds. The van der Waals surface area contributed by atoms with Gasteiger partial charge in [-0.25, -0.2) is 0 Å². The Bertz CT molecular complexity index is 500. The zero-order chi connectivity index (χ0) is 16.4. The smallest absolute Gasteiger partial charge is 0.403 e. The summed E-state index contributed by atoms with van der Waals surface area (Å²) >= 11 is 0. The van der Waals surface area contributed by atoms with E-state index in [2.05, 4.69) is 33.0 Å². The minimum absolute atomic E-state index is 0.0160. The SMILES string of the molecule is CC(=O)N[C@@H](CCB1OC(C)(C)C(C)(C)O1)c1ccccc1. The van der Waals surface area contributed by atoms with E-state index in [-0.39, 0.29) is 30.3 Å². The van der Waals surface area contributed by atoms with Gasteiger partial charge in [0.1, 0.15) is 0 Å². The molecular weight excluding hydrogens is 277 g/mol. The molecule has 0 spiro atoms. The molecule has 0 aliphatic carbocycles. The van der Waals surface area contributed by atoms with Gasteiger partial charge in [-0.05, 0) is 46.0 Å². The van der Waals surface area contributed by atoms with E-state index >= 15 is 0 Å². The summed E-state index contributed by atoms with van der Waals surface area (Å²) in [7, 11) is -0.232. The largest absolute Gasteiger partial charge is 0.457 e. The van der Waals surface area contributed by atoms with Crippen LogP contribution in [0.2, 0.25) is 6.32 Å². The number of benzene rings is 1. The molecule has 1 N–H and O–H groups in total. The Kier molecular flexibility index (Phi) is 4.98. The van der Waals surface area contributed by atoms with E-state index in [0.29, 0.717) is 0 Å². The minimum Gasteiger partial charge on any atom is -0.403 e. The first-order chi connectivity index (χ1) is 10.2. The van der Waals surface area contributed by atoms with Crippen LogP contribution in [0.25, 0.3) is 0 Å². The maximum Gasteiger partial charge on any atom is 0.457 e. The zero-order valence-electron chi connectivity index (χ0n) is 14.2. The van der Waals surface area contributed by atoms with Crippen molar-refractivity contribution in [2.75, 3.05) is 0 Å². The second-order valence-corrected chi connectivity index (χ2v) is 6.93. The molecule has 22 heavy (non-hydrogen) atoms. The van der Waals surface area contributed by atoms with Gasteiger partial charge in [-0.2, -0.15) is 0 Å². The molecule has 120 valence electrons. The van der Waals surface area contributed by atoms with E-state index in [1.54, 1.807) is 6.92 Å². The molecule has 0 radical (unpaired) electrons. The van der Waals surface area contributed by atoms with Crippen molar-refractivity contribution in [3.63, 3.8) is 0 Å². The van der Waals surface area contributed by atoms with Gasteiger partial charge < -0.3 is 14.6 Å². The first-order valence-electron chi connectivity index (χ1n) is 7.89. The maximum absolute atomic E-state index is 11.5. The highest BCUT2D eigenvalue weighted by Gasteiger charge is 2.50. The molecule has 5 heteroatoms. The van der Waals surface area contributed by atoms with Gasteiger partial charge in [-0.1, -0.05) is 30.3 Å². The van der Waals surface area contributed by atoms with Gasteiger partial charge in [-0.3, -0.25) is 4.79 Å². The second-order valence-electron chi connectivity index (χ2n) is 6.93. The number of carbonyl (C=O) groups is 1. The fraction of sp³-hybridized carbons (Fsp3) is 0.588. The first kappa shape index (κ1) is 17.0. The Hall–Kier alpha value is -1.33. The Morgan fingerprint density at radius 1 is 1.14 bits per heavy atom. The summed E-state index contributed by atoms with van der Waals surface area (Å²) in [6.45, 7) is 9.75. The molecule has 2 rings (SSSR count). The van der Waals surface area contributed by atoms with Crippen molar-refractivity contribution in [3.8, 4) is 0 Å². The average molecular weight is 303 g/mol. The monoisotopic (exact) mass is 303 g/mol. The highest BCUT2D eigenvalue weighted by molar-refractivity contribution is 6.45. The second kappa shape index (κ2) is 6.43. The van der Waals surface area contributed by atoms with Crippen LogP contribution < -0.4 is 5.32 Å². The molecule has 1 fully saturated rings. The minimum atomic E-state index is -0.312. The topological polar surface area (TPSA) is 47.6 Å². The third-order valence-electron chi connectivity index (χ3n) is 4.57. The van der Waals surface area contributed by atoms with Crippen molar-refractivity contribution < 1.29 is 14.1 Å². The van der Waals surface area contributed by atoms with Gasteiger partial charge in [0, 0.05) is 6.92 Å². The molecule has 1 aliphatic rings.